The van der Waals surface area contributed by atoms with Crippen LogP contribution in [0.3, 0.4) is 0 Å². The van der Waals surface area contributed by atoms with E-state index in [2.05, 4.69) is 0 Å². The van der Waals surface area contributed by atoms with Crippen LogP contribution < -0.4 is 15.9 Å². The molecular formula is C21H19O2P. The Morgan fingerprint density at radius 3 is 1.17 bits per heavy atom. The van der Waals surface area contributed by atoms with Crippen LogP contribution in [0.15, 0.2) is 91.0 Å². The van der Waals surface area contributed by atoms with Crippen LogP contribution in [0.5, 0.6) is 0 Å². The van der Waals surface area contributed by atoms with E-state index < -0.39 is 6.60 Å². The normalized spacial score (nSPS) is 12.8. The topological polar surface area (TPSA) is 34.1 Å². The summed E-state index contributed by atoms with van der Waals surface area (Å²) in [7, 11) is 0. The first-order valence-electron chi connectivity index (χ1n) is 7.82. The number of carbonyl (C=O) groups excluding carboxylic acids is 2. The van der Waals surface area contributed by atoms with E-state index in [1.54, 1.807) is 6.92 Å². The molecule has 0 heterocycles. The van der Waals surface area contributed by atoms with Gasteiger partial charge in [0.25, 0.3) is 0 Å². The number of hydrogen-bond acceptors (Lipinski definition) is 2. The van der Waals surface area contributed by atoms with Crippen molar-refractivity contribution in [1.82, 2.24) is 0 Å². The van der Waals surface area contributed by atoms with Gasteiger partial charge in [-0.2, -0.15) is 0 Å². The maximum atomic E-state index is 13.2. The van der Waals surface area contributed by atoms with Gasteiger partial charge in [0, 0.05) is 0 Å². The van der Waals surface area contributed by atoms with Crippen molar-refractivity contribution in [3.05, 3.63) is 91.0 Å². The summed E-state index contributed by atoms with van der Waals surface area (Å²) in [6.07, 6.45) is 0. The molecule has 3 rings (SSSR count). The number of carbonyl (C=O) groups is 2. The second-order valence-corrected chi connectivity index (χ2v) is 10.6. The van der Waals surface area contributed by atoms with E-state index in [1.807, 2.05) is 91.0 Å². The van der Waals surface area contributed by atoms with Crippen molar-refractivity contribution in [3.8, 4) is 0 Å². The van der Waals surface area contributed by atoms with E-state index in [9.17, 15) is 9.59 Å². The molecular weight excluding hydrogens is 315 g/mol. The third-order valence-corrected chi connectivity index (χ3v) is 10.6. The first-order valence-corrected chi connectivity index (χ1v) is 10.1. The zero-order valence-electron chi connectivity index (χ0n) is 13.5. The Balaban J connectivity index is 2.58. The summed E-state index contributed by atoms with van der Waals surface area (Å²) >= 11 is 0. The monoisotopic (exact) mass is 334 g/mol. The molecule has 0 aromatic heterocycles. The van der Waals surface area contributed by atoms with Crippen molar-refractivity contribution >= 4 is 34.1 Å². The molecule has 0 spiro atoms. The Morgan fingerprint density at radius 1 is 0.667 bits per heavy atom. The van der Waals surface area contributed by atoms with Gasteiger partial charge in [-0.05, 0) is 0 Å². The summed E-state index contributed by atoms with van der Waals surface area (Å²) in [5.74, 6) is 0. The van der Waals surface area contributed by atoms with Crippen LogP contribution in [0.25, 0.3) is 0 Å². The predicted octanol–water partition coefficient (Wildman–Crippen LogP) is 3.25. The fourth-order valence-corrected chi connectivity index (χ4v) is 8.34. The van der Waals surface area contributed by atoms with Crippen LogP contribution in [0, 0.1) is 0 Å². The molecule has 3 heteroatoms. The van der Waals surface area contributed by atoms with Crippen molar-refractivity contribution in [2.45, 2.75) is 6.92 Å². The van der Waals surface area contributed by atoms with Crippen LogP contribution in [0.4, 0.5) is 0 Å². The van der Waals surface area contributed by atoms with E-state index in [0.717, 1.165) is 21.9 Å². The van der Waals surface area contributed by atoms with Gasteiger partial charge >= 0.3 is 142 Å². The second kappa shape index (κ2) is 6.14. The predicted molar refractivity (Wildman–Crippen MR) is 103 cm³/mol. The fraction of sp³-hybridized carbons (Fsp3) is 0.0476. The van der Waals surface area contributed by atoms with Gasteiger partial charge in [0.2, 0.25) is 0 Å². The zero-order valence-corrected chi connectivity index (χ0v) is 14.4. The van der Waals surface area contributed by atoms with Crippen LogP contribution in [-0.2, 0) is 9.59 Å². The molecule has 0 atom stereocenters. The van der Waals surface area contributed by atoms with Gasteiger partial charge in [-0.1, -0.05) is 0 Å². The summed E-state index contributed by atoms with van der Waals surface area (Å²) in [4.78, 5) is 26.1. The third-order valence-electron chi connectivity index (χ3n) is 4.74. The minimum absolute atomic E-state index is 0.0976. The summed E-state index contributed by atoms with van der Waals surface area (Å²) < 4.78 is 0. The summed E-state index contributed by atoms with van der Waals surface area (Å²) in [6, 6.07) is 29.3. The molecule has 0 unspecified atom stereocenters. The quantitative estimate of drug-likeness (QED) is 0.530. The number of rotatable bonds is 5. The Hall–Kier alpha value is -2.57. The molecule has 120 valence electrons. The van der Waals surface area contributed by atoms with Gasteiger partial charge in [0.15, 0.2) is 0 Å². The van der Waals surface area contributed by atoms with Crippen molar-refractivity contribution in [2.24, 2.45) is 0 Å². The summed E-state index contributed by atoms with van der Waals surface area (Å²) in [5.41, 5.74) is -0.0976. The molecule has 0 N–H and O–H groups in total. The van der Waals surface area contributed by atoms with Crippen molar-refractivity contribution in [1.29, 1.82) is 0 Å². The fourth-order valence-electron chi connectivity index (χ4n) is 3.46. The second-order valence-electron chi connectivity index (χ2n) is 5.82. The molecule has 0 amide bonds. The van der Waals surface area contributed by atoms with Gasteiger partial charge in [-0.25, -0.2) is 0 Å². The molecule has 3 aromatic carbocycles. The molecule has 0 saturated heterocycles. The van der Waals surface area contributed by atoms with Crippen LogP contribution in [0.2, 0.25) is 0 Å². The standard InChI is InChI=1S/C21H19O2P/c1-18(23)24(17-22,19-11-5-2-6-12-19,20-13-7-3-8-14-20)21-15-9-4-10-16-21/h2-17H,1H3. The van der Waals surface area contributed by atoms with Gasteiger partial charge < -0.3 is 0 Å². The molecule has 0 fully saturated rings. The Bertz CT molecular complexity index is 759. The molecule has 0 saturated carbocycles. The van der Waals surface area contributed by atoms with Gasteiger partial charge in [0.05, 0.1) is 0 Å². The SMILES string of the molecule is CC(=O)P(C=O)(c1ccccc1)(c1ccccc1)c1ccccc1. The third kappa shape index (κ3) is 2.00. The van der Waals surface area contributed by atoms with Gasteiger partial charge in [0.1, 0.15) is 0 Å². The van der Waals surface area contributed by atoms with Crippen molar-refractivity contribution in [3.63, 3.8) is 0 Å². The number of hydrogen-bond donors (Lipinski definition) is 0. The minimum atomic E-state index is -3.85. The molecule has 3 aromatic rings. The first kappa shape index (κ1) is 16.3. The molecule has 24 heavy (non-hydrogen) atoms. The zero-order chi connectivity index (χ0) is 17.1. The van der Waals surface area contributed by atoms with Crippen molar-refractivity contribution in [2.75, 3.05) is 0 Å². The van der Waals surface area contributed by atoms with E-state index in [0.29, 0.717) is 0 Å². The number of benzene rings is 3. The molecule has 0 aliphatic heterocycles. The molecule has 0 aliphatic carbocycles. The van der Waals surface area contributed by atoms with Gasteiger partial charge in [-0.15, -0.1) is 0 Å². The van der Waals surface area contributed by atoms with E-state index in [-0.39, 0.29) is 5.52 Å². The van der Waals surface area contributed by atoms with E-state index in [1.165, 1.54) is 0 Å². The Kier molecular flexibility index (Phi) is 4.17. The van der Waals surface area contributed by atoms with Crippen LogP contribution in [0.1, 0.15) is 6.92 Å². The van der Waals surface area contributed by atoms with Crippen LogP contribution in [-0.4, -0.2) is 11.6 Å². The average molecular weight is 334 g/mol. The maximum absolute atomic E-state index is 13.2. The first-order chi connectivity index (χ1) is 11.7. The van der Waals surface area contributed by atoms with Crippen LogP contribution >= 0.6 is 6.60 Å². The Morgan fingerprint density at radius 2 is 0.958 bits per heavy atom. The van der Waals surface area contributed by atoms with Crippen molar-refractivity contribution < 1.29 is 9.59 Å². The Labute approximate surface area is 142 Å². The van der Waals surface area contributed by atoms with Gasteiger partial charge in [-0.3, -0.25) is 0 Å². The molecule has 0 radical (unpaired) electrons. The van der Waals surface area contributed by atoms with E-state index >= 15 is 0 Å². The summed E-state index contributed by atoms with van der Waals surface area (Å²) in [6.45, 7) is -2.31. The molecule has 2 nitrogen and oxygen atoms in total. The summed E-state index contributed by atoms with van der Waals surface area (Å²) in [5, 5.41) is 2.34. The average Bonchev–Trinajstić information content (AvgIpc) is 2.66. The molecule has 0 aliphatic rings. The van der Waals surface area contributed by atoms with E-state index in [4.69, 9.17) is 0 Å². The molecule has 0 bridgehead atoms.